The smallest absolute Gasteiger partial charge is 0.433 e. The lowest BCUT2D eigenvalue weighted by Crippen LogP contribution is -2.23. The predicted molar refractivity (Wildman–Crippen MR) is 80.7 cm³/mol. The maximum Gasteiger partial charge on any atom is 0.433 e. The van der Waals surface area contributed by atoms with E-state index in [9.17, 15) is 23.2 Å². The molecule has 3 N–H and O–H groups in total. The molecule has 3 rings (SSSR count). The van der Waals surface area contributed by atoms with Crippen molar-refractivity contribution in [1.82, 2.24) is 10.2 Å². The third kappa shape index (κ3) is 2.73. The SMILES string of the molecule is COC(=O)c1ccc([C@@H]2C(C#N)=C(N)Oc3n[nH]c(C(F)(F)F)c32)cc1. The molecular weight excluding hydrogens is 353 g/mol. The zero-order valence-electron chi connectivity index (χ0n) is 13.2. The molecule has 1 aliphatic rings. The molecular formula is C16H11F3N4O3. The molecule has 1 aromatic carbocycles. The highest BCUT2D eigenvalue weighted by molar-refractivity contribution is 5.89. The van der Waals surface area contributed by atoms with Gasteiger partial charge in [0.05, 0.1) is 24.2 Å². The molecule has 0 spiro atoms. The molecule has 2 aromatic rings. The van der Waals surface area contributed by atoms with Crippen LogP contribution >= 0.6 is 0 Å². The number of carbonyl (C=O) groups excluding carboxylic acids is 1. The maximum atomic E-state index is 13.3. The Morgan fingerprint density at radius 2 is 2.04 bits per heavy atom. The number of aromatic amines is 1. The van der Waals surface area contributed by atoms with E-state index in [1.54, 1.807) is 6.07 Å². The van der Waals surface area contributed by atoms with Crippen molar-refractivity contribution in [2.45, 2.75) is 12.1 Å². The van der Waals surface area contributed by atoms with Gasteiger partial charge in [-0.2, -0.15) is 18.4 Å². The lowest BCUT2D eigenvalue weighted by molar-refractivity contribution is -0.141. The standard InChI is InChI=1S/C16H11F3N4O3/c1-25-15(24)8-4-2-7(3-5-8)10-9(6-20)13(21)26-14-11(10)12(22-23-14)16(17,18)19/h2-5,10H,21H2,1H3,(H,22,23)/t10-/m1/s1. The van der Waals surface area contributed by atoms with Crippen LogP contribution in [0.15, 0.2) is 35.7 Å². The number of hydrogen-bond donors (Lipinski definition) is 2. The average molecular weight is 364 g/mol. The van der Waals surface area contributed by atoms with Crippen LogP contribution in [-0.4, -0.2) is 23.3 Å². The first-order valence-electron chi connectivity index (χ1n) is 7.19. The van der Waals surface area contributed by atoms with Crippen LogP contribution in [-0.2, 0) is 10.9 Å². The Balaban J connectivity index is 2.18. The molecule has 0 saturated carbocycles. The van der Waals surface area contributed by atoms with Gasteiger partial charge in [-0.05, 0) is 17.7 Å². The van der Waals surface area contributed by atoms with Crippen molar-refractivity contribution in [3.63, 3.8) is 0 Å². The van der Waals surface area contributed by atoms with Gasteiger partial charge >= 0.3 is 12.1 Å². The van der Waals surface area contributed by atoms with Gasteiger partial charge in [0.2, 0.25) is 11.8 Å². The molecule has 0 unspecified atom stereocenters. The van der Waals surface area contributed by atoms with E-state index in [4.69, 9.17) is 10.5 Å². The van der Waals surface area contributed by atoms with Crippen molar-refractivity contribution >= 4 is 5.97 Å². The van der Waals surface area contributed by atoms with Crippen LogP contribution in [0.5, 0.6) is 5.88 Å². The fourth-order valence-corrected chi connectivity index (χ4v) is 2.72. The van der Waals surface area contributed by atoms with E-state index < -0.39 is 23.8 Å². The molecule has 2 heterocycles. The molecule has 26 heavy (non-hydrogen) atoms. The van der Waals surface area contributed by atoms with E-state index in [2.05, 4.69) is 9.84 Å². The first-order valence-corrected chi connectivity index (χ1v) is 7.19. The molecule has 0 bridgehead atoms. The molecule has 134 valence electrons. The van der Waals surface area contributed by atoms with E-state index in [1.165, 1.54) is 31.4 Å². The monoisotopic (exact) mass is 364 g/mol. The van der Waals surface area contributed by atoms with Gasteiger partial charge < -0.3 is 15.2 Å². The van der Waals surface area contributed by atoms with Crippen molar-refractivity contribution in [2.75, 3.05) is 7.11 Å². The topological polar surface area (TPSA) is 114 Å². The van der Waals surface area contributed by atoms with Gasteiger partial charge in [0, 0.05) is 0 Å². The molecule has 7 nitrogen and oxygen atoms in total. The number of carbonyl (C=O) groups is 1. The van der Waals surface area contributed by atoms with Crippen LogP contribution in [0.2, 0.25) is 0 Å². The summed E-state index contributed by atoms with van der Waals surface area (Å²) in [5, 5.41) is 14.8. The molecule has 0 radical (unpaired) electrons. The second kappa shape index (κ2) is 6.11. The van der Waals surface area contributed by atoms with Crippen LogP contribution in [0, 0.1) is 11.3 Å². The lowest BCUT2D eigenvalue weighted by Gasteiger charge is -2.24. The summed E-state index contributed by atoms with van der Waals surface area (Å²) in [5.74, 6) is -2.43. The van der Waals surface area contributed by atoms with Gasteiger partial charge in [-0.1, -0.05) is 12.1 Å². The second-order valence-corrected chi connectivity index (χ2v) is 5.35. The Bertz CT molecular complexity index is 939. The van der Waals surface area contributed by atoms with Crippen molar-refractivity contribution in [1.29, 1.82) is 5.26 Å². The zero-order chi connectivity index (χ0) is 19.1. The number of nitrogens with zero attached hydrogens (tertiary/aromatic N) is 2. The number of benzene rings is 1. The minimum absolute atomic E-state index is 0.185. The number of rotatable bonds is 2. The van der Waals surface area contributed by atoms with Crippen LogP contribution in [0.3, 0.4) is 0 Å². The number of hydrogen-bond acceptors (Lipinski definition) is 6. The van der Waals surface area contributed by atoms with E-state index in [0.29, 0.717) is 5.56 Å². The Labute approximate surface area is 144 Å². The van der Waals surface area contributed by atoms with Crippen LogP contribution < -0.4 is 10.5 Å². The predicted octanol–water partition coefficient (Wildman–Crippen LogP) is 2.43. The summed E-state index contributed by atoms with van der Waals surface area (Å²) in [4.78, 5) is 11.5. The van der Waals surface area contributed by atoms with Crippen molar-refractivity contribution in [2.24, 2.45) is 5.73 Å². The van der Waals surface area contributed by atoms with Gasteiger partial charge in [-0.3, -0.25) is 5.10 Å². The third-order valence-electron chi connectivity index (χ3n) is 3.89. The fraction of sp³-hybridized carbons (Fsp3) is 0.188. The summed E-state index contributed by atoms with van der Waals surface area (Å²) in [5.41, 5.74) is 4.55. The molecule has 1 aliphatic heterocycles. The molecule has 0 fully saturated rings. The largest absolute Gasteiger partial charge is 0.465 e. The number of esters is 1. The van der Waals surface area contributed by atoms with E-state index in [1.807, 2.05) is 5.10 Å². The summed E-state index contributed by atoms with van der Waals surface area (Å²) in [6.45, 7) is 0. The first kappa shape index (κ1) is 17.3. The molecule has 1 atom stereocenters. The summed E-state index contributed by atoms with van der Waals surface area (Å²) < 4.78 is 49.6. The van der Waals surface area contributed by atoms with Gasteiger partial charge in [0.1, 0.15) is 17.3 Å². The van der Waals surface area contributed by atoms with Crippen LogP contribution in [0.4, 0.5) is 13.2 Å². The average Bonchev–Trinajstić information content (AvgIpc) is 3.03. The number of allylic oxidation sites excluding steroid dienone is 1. The van der Waals surface area contributed by atoms with E-state index in [0.717, 1.165) is 0 Å². The Kier molecular flexibility index (Phi) is 4.07. The van der Waals surface area contributed by atoms with Crippen molar-refractivity contribution < 1.29 is 27.4 Å². The first-order chi connectivity index (χ1) is 12.3. The van der Waals surface area contributed by atoms with Gasteiger partial charge in [0.15, 0.2) is 0 Å². The summed E-state index contributed by atoms with van der Waals surface area (Å²) in [7, 11) is 1.21. The molecule has 10 heteroatoms. The number of ether oxygens (including phenoxy) is 2. The number of aromatic nitrogens is 2. The van der Waals surface area contributed by atoms with Gasteiger partial charge in [0.25, 0.3) is 0 Å². The summed E-state index contributed by atoms with van der Waals surface area (Å²) in [6, 6.07) is 7.40. The van der Waals surface area contributed by atoms with Crippen LogP contribution in [0.1, 0.15) is 33.1 Å². The van der Waals surface area contributed by atoms with Crippen LogP contribution in [0.25, 0.3) is 0 Å². The molecule has 0 aliphatic carbocycles. The number of methoxy groups -OCH3 is 1. The minimum atomic E-state index is -4.74. The molecule has 0 saturated heterocycles. The highest BCUT2D eigenvalue weighted by Crippen LogP contribution is 2.46. The van der Waals surface area contributed by atoms with Gasteiger partial charge in [-0.15, -0.1) is 5.10 Å². The van der Waals surface area contributed by atoms with E-state index >= 15 is 0 Å². The summed E-state index contributed by atoms with van der Waals surface area (Å²) in [6.07, 6.45) is -4.74. The Morgan fingerprint density at radius 3 is 2.58 bits per heavy atom. The number of fused-ring (bicyclic) bond motifs is 1. The fourth-order valence-electron chi connectivity index (χ4n) is 2.72. The number of H-pyrrole nitrogens is 1. The normalized spacial score (nSPS) is 16.5. The highest BCUT2D eigenvalue weighted by Gasteiger charge is 2.44. The summed E-state index contributed by atoms with van der Waals surface area (Å²) >= 11 is 0. The maximum absolute atomic E-state index is 13.3. The molecule has 1 aromatic heterocycles. The van der Waals surface area contributed by atoms with Crippen molar-refractivity contribution in [3.05, 3.63) is 58.1 Å². The molecule has 0 amide bonds. The third-order valence-corrected chi connectivity index (χ3v) is 3.89. The van der Waals surface area contributed by atoms with E-state index in [-0.39, 0.29) is 28.5 Å². The lowest BCUT2D eigenvalue weighted by atomic mass is 9.83. The quantitative estimate of drug-likeness (QED) is 0.791. The Hall–Kier alpha value is -3.48. The number of nitrogens with two attached hydrogens (primary N) is 1. The number of halogens is 3. The minimum Gasteiger partial charge on any atom is -0.465 e. The number of alkyl halides is 3. The highest BCUT2D eigenvalue weighted by atomic mass is 19.4. The van der Waals surface area contributed by atoms with Gasteiger partial charge in [-0.25, -0.2) is 4.79 Å². The number of nitrogens with one attached hydrogen (secondary N) is 1. The number of nitriles is 1. The second-order valence-electron chi connectivity index (χ2n) is 5.35. The Morgan fingerprint density at radius 1 is 1.38 bits per heavy atom. The zero-order valence-corrected chi connectivity index (χ0v) is 13.2. The van der Waals surface area contributed by atoms with Crippen molar-refractivity contribution in [3.8, 4) is 11.9 Å².